The maximum atomic E-state index is 13.3. The van der Waals surface area contributed by atoms with E-state index in [0.717, 1.165) is 66.3 Å². The number of nitrogens with one attached hydrogen (secondary N) is 3. The van der Waals surface area contributed by atoms with Gasteiger partial charge >= 0.3 is 0 Å². The molecular formula is C30H38N8O. The molecule has 0 bridgehead atoms. The summed E-state index contributed by atoms with van der Waals surface area (Å²) in [6.45, 7) is 4.24. The van der Waals surface area contributed by atoms with Crippen molar-refractivity contribution in [3.05, 3.63) is 60.3 Å². The van der Waals surface area contributed by atoms with Crippen molar-refractivity contribution in [3.63, 3.8) is 0 Å². The molecule has 2 aliphatic rings. The molecular weight excluding hydrogens is 488 g/mol. The molecule has 1 saturated carbocycles. The van der Waals surface area contributed by atoms with Crippen LogP contribution in [0.15, 0.2) is 54.7 Å². The van der Waals surface area contributed by atoms with Gasteiger partial charge in [-0.25, -0.2) is 9.97 Å². The van der Waals surface area contributed by atoms with Gasteiger partial charge in [0.15, 0.2) is 5.82 Å². The maximum Gasteiger partial charge on any atom is 0.251 e. The van der Waals surface area contributed by atoms with Gasteiger partial charge in [-0.05, 0) is 69.3 Å². The van der Waals surface area contributed by atoms with Crippen molar-refractivity contribution in [2.45, 2.75) is 31.5 Å². The van der Waals surface area contributed by atoms with Crippen LogP contribution >= 0.6 is 0 Å². The first-order chi connectivity index (χ1) is 19.0. The first kappa shape index (κ1) is 25.7. The quantitative estimate of drug-likeness (QED) is 0.275. The van der Waals surface area contributed by atoms with Gasteiger partial charge in [0.2, 0.25) is 0 Å². The van der Waals surface area contributed by atoms with Gasteiger partial charge in [-0.1, -0.05) is 12.2 Å². The Bertz CT molecular complexity index is 1510. The zero-order valence-electron chi connectivity index (χ0n) is 23.0. The minimum Gasteiger partial charge on any atom is -0.346 e. The molecule has 2 atom stereocenters. The van der Waals surface area contributed by atoms with Crippen molar-refractivity contribution < 1.29 is 4.79 Å². The second kappa shape index (κ2) is 10.9. The summed E-state index contributed by atoms with van der Waals surface area (Å²) in [5, 5.41) is 11.3. The van der Waals surface area contributed by atoms with Gasteiger partial charge in [0.25, 0.3) is 5.91 Å². The normalized spacial score (nSPS) is 19.7. The number of amides is 1. The third-order valence-corrected chi connectivity index (χ3v) is 7.83. The van der Waals surface area contributed by atoms with Crippen molar-refractivity contribution in [1.82, 2.24) is 40.0 Å². The molecule has 3 aromatic heterocycles. The minimum atomic E-state index is -0.0696. The van der Waals surface area contributed by atoms with Gasteiger partial charge in [-0.2, -0.15) is 0 Å². The second-order valence-corrected chi connectivity index (χ2v) is 11.2. The van der Waals surface area contributed by atoms with E-state index >= 15 is 0 Å². The number of rotatable bonds is 10. The van der Waals surface area contributed by atoms with E-state index in [1.807, 2.05) is 37.5 Å². The number of pyridine rings is 1. The standard InChI is InChI=1S/C30H38N8O/c1-36(2)14-5-4-12-32-24-17-31-18-25(24)35-30(39)22-10-11-26-23(15-22)34-29(37(26)3)27-16-21-7-6-13-33-28(21)38(27)19-20-8-9-20/h4-7,10-11,13,15-16,20,24-25,31-32H,8-9,12,14,17-19H2,1-3H3,(H,35,39)/b5-4+/t24-,25-/m1/s1. The number of fused-ring (bicyclic) bond motifs is 2. The number of likely N-dealkylation sites (N-methyl/N-ethyl adjacent to an activating group) is 1. The highest BCUT2D eigenvalue weighted by Gasteiger charge is 2.29. The van der Waals surface area contributed by atoms with Crippen LogP contribution < -0.4 is 16.0 Å². The van der Waals surface area contributed by atoms with Crippen molar-refractivity contribution >= 4 is 28.0 Å². The first-order valence-electron chi connectivity index (χ1n) is 13.9. The Balaban J connectivity index is 1.20. The maximum absolute atomic E-state index is 13.3. The molecule has 4 aromatic rings. The van der Waals surface area contributed by atoms with E-state index in [9.17, 15) is 4.79 Å². The fourth-order valence-electron chi connectivity index (χ4n) is 5.47. The van der Waals surface area contributed by atoms with E-state index < -0.39 is 0 Å². The number of carbonyl (C=O) groups excluding carboxylic acids is 1. The summed E-state index contributed by atoms with van der Waals surface area (Å²) in [6.07, 6.45) is 8.70. The number of nitrogens with zero attached hydrogens (tertiary/aromatic N) is 5. The summed E-state index contributed by atoms with van der Waals surface area (Å²) in [7, 11) is 6.16. The number of benzene rings is 1. The van der Waals surface area contributed by atoms with Crippen LogP contribution in [-0.2, 0) is 13.6 Å². The summed E-state index contributed by atoms with van der Waals surface area (Å²) in [5.74, 6) is 1.54. The van der Waals surface area contributed by atoms with E-state index in [1.54, 1.807) is 0 Å². The molecule has 6 rings (SSSR count). The SMILES string of the molecule is CN(C)C/C=C/CN[C@@H]1CNC[C@H]1NC(=O)c1ccc2c(c1)nc(-c1cc3cccnc3n1CC1CC1)n2C. The van der Waals surface area contributed by atoms with Crippen LogP contribution in [0.4, 0.5) is 0 Å². The van der Waals surface area contributed by atoms with E-state index in [2.05, 4.69) is 73.3 Å². The topological polar surface area (TPSA) is 92.0 Å². The molecule has 4 heterocycles. The third kappa shape index (κ3) is 5.48. The predicted octanol–water partition coefficient (Wildman–Crippen LogP) is 2.78. The van der Waals surface area contributed by atoms with Crippen LogP contribution in [0.25, 0.3) is 33.6 Å². The average Bonchev–Trinajstić information content (AvgIpc) is 3.39. The molecule has 39 heavy (non-hydrogen) atoms. The number of aromatic nitrogens is 4. The van der Waals surface area contributed by atoms with E-state index in [4.69, 9.17) is 4.98 Å². The predicted molar refractivity (Wildman–Crippen MR) is 156 cm³/mol. The van der Waals surface area contributed by atoms with E-state index in [1.165, 1.54) is 12.8 Å². The highest BCUT2D eigenvalue weighted by Crippen LogP contribution is 2.35. The Morgan fingerprint density at radius 2 is 2.00 bits per heavy atom. The van der Waals surface area contributed by atoms with Crippen LogP contribution in [0.5, 0.6) is 0 Å². The van der Waals surface area contributed by atoms with Gasteiger partial charge in [-0.3, -0.25) is 4.79 Å². The number of aryl methyl sites for hydroxylation is 1. The van der Waals surface area contributed by atoms with Crippen molar-refractivity contribution in [2.75, 3.05) is 40.3 Å². The zero-order chi connectivity index (χ0) is 26.9. The lowest BCUT2D eigenvalue weighted by Crippen LogP contribution is -2.49. The summed E-state index contributed by atoms with van der Waals surface area (Å²) in [4.78, 5) is 25.1. The minimum absolute atomic E-state index is 0.0281. The van der Waals surface area contributed by atoms with Crippen LogP contribution in [0, 0.1) is 5.92 Å². The summed E-state index contributed by atoms with van der Waals surface area (Å²) < 4.78 is 4.44. The van der Waals surface area contributed by atoms with E-state index in [-0.39, 0.29) is 18.0 Å². The lowest BCUT2D eigenvalue weighted by Gasteiger charge is -2.20. The summed E-state index contributed by atoms with van der Waals surface area (Å²) in [5.41, 5.74) is 4.54. The zero-order valence-corrected chi connectivity index (χ0v) is 23.0. The lowest BCUT2D eigenvalue weighted by molar-refractivity contribution is 0.0935. The molecule has 1 aromatic carbocycles. The highest BCUT2D eigenvalue weighted by molar-refractivity contribution is 5.98. The Morgan fingerprint density at radius 1 is 1.15 bits per heavy atom. The van der Waals surface area contributed by atoms with Gasteiger partial charge in [0, 0.05) is 63.0 Å². The fourth-order valence-corrected chi connectivity index (χ4v) is 5.47. The molecule has 2 fully saturated rings. The molecule has 3 N–H and O–H groups in total. The third-order valence-electron chi connectivity index (χ3n) is 7.83. The van der Waals surface area contributed by atoms with Gasteiger partial charge < -0.3 is 30.0 Å². The molecule has 0 spiro atoms. The molecule has 1 aliphatic heterocycles. The highest BCUT2D eigenvalue weighted by atomic mass is 16.1. The fraction of sp³-hybridized carbons (Fsp3) is 0.433. The van der Waals surface area contributed by atoms with Crippen LogP contribution in [0.1, 0.15) is 23.2 Å². The van der Waals surface area contributed by atoms with Gasteiger partial charge in [0.1, 0.15) is 5.65 Å². The van der Waals surface area contributed by atoms with Gasteiger partial charge in [0.05, 0.1) is 22.8 Å². The summed E-state index contributed by atoms with van der Waals surface area (Å²) in [6, 6.07) is 12.3. The molecule has 1 aliphatic carbocycles. The Kier molecular flexibility index (Phi) is 7.20. The molecule has 9 nitrogen and oxygen atoms in total. The van der Waals surface area contributed by atoms with E-state index in [0.29, 0.717) is 11.5 Å². The largest absolute Gasteiger partial charge is 0.346 e. The number of imidazole rings is 1. The number of hydrogen-bond donors (Lipinski definition) is 3. The molecule has 0 unspecified atom stereocenters. The molecule has 1 saturated heterocycles. The average molecular weight is 527 g/mol. The lowest BCUT2D eigenvalue weighted by atomic mass is 10.1. The van der Waals surface area contributed by atoms with Crippen LogP contribution in [-0.4, -0.2) is 82.3 Å². The Morgan fingerprint density at radius 3 is 2.82 bits per heavy atom. The number of carbonyl (C=O) groups is 1. The van der Waals surface area contributed by atoms with Crippen LogP contribution in [0.3, 0.4) is 0 Å². The monoisotopic (exact) mass is 526 g/mol. The number of hydrogen-bond acceptors (Lipinski definition) is 6. The van der Waals surface area contributed by atoms with Crippen LogP contribution in [0.2, 0.25) is 0 Å². The molecule has 204 valence electrons. The van der Waals surface area contributed by atoms with Crippen molar-refractivity contribution in [3.8, 4) is 11.5 Å². The van der Waals surface area contributed by atoms with Crippen molar-refractivity contribution in [1.29, 1.82) is 0 Å². The molecule has 0 radical (unpaired) electrons. The second-order valence-electron chi connectivity index (χ2n) is 11.2. The van der Waals surface area contributed by atoms with Gasteiger partial charge in [-0.15, -0.1) is 0 Å². The first-order valence-corrected chi connectivity index (χ1v) is 13.9. The molecule has 1 amide bonds. The Labute approximate surface area is 229 Å². The van der Waals surface area contributed by atoms with Crippen molar-refractivity contribution in [2.24, 2.45) is 13.0 Å². The smallest absolute Gasteiger partial charge is 0.251 e. The summed E-state index contributed by atoms with van der Waals surface area (Å²) >= 11 is 0. The molecule has 9 heteroatoms. The Hall–Kier alpha value is -3.53.